The van der Waals surface area contributed by atoms with Crippen LogP contribution in [0.5, 0.6) is 5.75 Å². The van der Waals surface area contributed by atoms with Gasteiger partial charge < -0.3 is 9.47 Å². The molecule has 3 nitrogen and oxygen atoms in total. The Kier molecular flexibility index (Phi) is 1.48. The lowest BCUT2D eigenvalue weighted by molar-refractivity contribution is 0.0725. The number of rotatable bonds is 0. The monoisotopic (exact) mass is 201 g/mol. The Bertz CT molecular complexity index is 473. The van der Waals surface area contributed by atoms with Gasteiger partial charge in [-0.15, -0.1) is 0 Å². The van der Waals surface area contributed by atoms with E-state index in [1.165, 1.54) is 0 Å². The Labute approximate surface area is 88.2 Å². The number of hydrogen-bond acceptors (Lipinski definition) is 3. The SMILES string of the molecule is CC1(C)Oc2cc(C#N)ccc2[C@@H]2O[C@@H]21. The topological polar surface area (TPSA) is 45.5 Å². The molecule has 0 saturated carbocycles. The number of nitriles is 1. The molecule has 15 heavy (non-hydrogen) atoms. The molecule has 2 heterocycles. The van der Waals surface area contributed by atoms with Crippen molar-refractivity contribution in [2.75, 3.05) is 0 Å². The molecular weight excluding hydrogens is 190 g/mol. The van der Waals surface area contributed by atoms with Crippen molar-refractivity contribution >= 4 is 0 Å². The molecule has 76 valence electrons. The highest BCUT2D eigenvalue weighted by atomic mass is 16.6. The largest absolute Gasteiger partial charge is 0.485 e. The maximum absolute atomic E-state index is 8.81. The van der Waals surface area contributed by atoms with Crippen LogP contribution in [0.15, 0.2) is 18.2 Å². The molecule has 0 spiro atoms. The zero-order valence-electron chi connectivity index (χ0n) is 8.65. The Morgan fingerprint density at radius 3 is 2.93 bits per heavy atom. The smallest absolute Gasteiger partial charge is 0.132 e. The normalized spacial score (nSPS) is 29.4. The number of nitrogens with zero attached hydrogens (tertiary/aromatic N) is 1. The van der Waals surface area contributed by atoms with Gasteiger partial charge in [-0.1, -0.05) is 6.07 Å². The Morgan fingerprint density at radius 2 is 2.20 bits per heavy atom. The number of ether oxygens (including phenoxy) is 2. The quantitative estimate of drug-likeness (QED) is 0.604. The van der Waals surface area contributed by atoms with Gasteiger partial charge in [0.1, 0.15) is 23.6 Å². The van der Waals surface area contributed by atoms with Gasteiger partial charge in [-0.25, -0.2) is 0 Å². The zero-order valence-corrected chi connectivity index (χ0v) is 8.65. The van der Waals surface area contributed by atoms with E-state index in [1.54, 1.807) is 12.1 Å². The fourth-order valence-corrected chi connectivity index (χ4v) is 2.15. The second-order valence-corrected chi connectivity index (χ2v) is 4.55. The Morgan fingerprint density at radius 1 is 1.40 bits per heavy atom. The van der Waals surface area contributed by atoms with E-state index in [-0.39, 0.29) is 17.8 Å². The number of benzene rings is 1. The summed E-state index contributed by atoms with van der Waals surface area (Å²) in [6.07, 6.45) is 0.328. The van der Waals surface area contributed by atoms with Crippen LogP contribution in [-0.4, -0.2) is 11.7 Å². The van der Waals surface area contributed by atoms with Gasteiger partial charge in [-0.3, -0.25) is 0 Å². The van der Waals surface area contributed by atoms with Crippen molar-refractivity contribution in [1.29, 1.82) is 5.26 Å². The average Bonchev–Trinajstić information content (AvgIpc) is 2.96. The molecular formula is C12H11NO2. The lowest BCUT2D eigenvalue weighted by Crippen LogP contribution is -2.37. The summed E-state index contributed by atoms with van der Waals surface area (Å²) in [5.74, 6) is 0.790. The molecule has 1 saturated heterocycles. The summed E-state index contributed by atoms with van der Waals surface area (Å²) in [6, 6.07) is 7.63. The summed E-state index contributed by atoms with van der Waals surface area (Å²) in [7, 11) is 0. The van der Waals surface area contributed by atoms with Crippen LogP contribution < -0.4 is 4.74 Å². The third-order valence-corrected chi connectivity index (χ3v) is 3.00. The molecule has 2 aliphatic heterocycles. The molecule has 0 amide bonds. The van der Waals surface area contributed by atoms with E-state index in [2.05, 4.69) is 6.07 Å². The van der Waals surface area contributed by atoms with Crippen molar-refractivity contribution in [2.24, 2.45) is 0 Å². The van der Waals surface area contributed by atoms with Gasteiger partial charge >= 0.3 is 0 Å². The Balaban J connectivity index is 2.10. The molecule has 0 unspecified atom stereocenters. The van der Waals surface area contributed by atoms with E-state index in [1.807, 2.05) is 19.9 Å². The summed E-state index contributed by atoms with van der Waals surface area (Å²) < 4.78 is 11.4. The van der Waals surface area contributed by atoms with Gasteiger partial charge in [0.25, 0.3) is 0 Å². The zero-order chi connectivity index (χ0) is 10.6. The molecule has 1 aromatic rings. The first-order chi connectivity index (χ1) is 7.12. The molecule has 0 N–H and O–H groups in total. The fraction of sp³-hybridized carbons (Fsp3) is 0.417. The van der Waals surface area contributed by atoms with Gasteiger partial charge in [0.15, 0.2) is 0 Å². The van der Waals surface area contributed by atoms with Crippen LogP contribution in [0.1, 0.15) is 31.1 Å². The van der Waals surface area contributed by atoms with Gasteiger partial charge in [0.05, 0.1) is 11.6 Å². The highest BCUT2D eigenvalue weighted by Gasteiger charge is 2.56. The molecule has 0 bridgehead atoms. The molecule has 0 aromatic heterocycles. The predicted octanol–water partition coefficient (Wildman–Crippen LogP) is 2.17. The van der Waals surface area contributed by atoms with Crippen molar-refractivity contribution < 1.29 is 9.47 Å². The van der Waals surface area contributed by atoms with Crippen LogP contribution in [0.25, 0.3) is 0 Å². The van der Waals surface area contributed by atoms with Crippen LogP contribution in [0.4, 0.5) is 0 Å². The fourth-order valence-electron chi connectivity index (χ4n) is 2.15. The standard InChI is InChI=1S/C12H11NO2/c1-12(2)11-10(14-11)8-4-3-7(6-13)5-9(8)15-12/h3-5,10-11H,1-2H3/t10-,11-/m0/s1. The van der Waals surface area contributed by atoms with Crippen LogP contribution in [0.2, 0.25) is 0 Å². The number of epoxide rings is 1. The summed E-state index contributed by atoms with van der Waals surface area (Å²) >= 11 is 0. The predicted molar refractivity (Wildman–Crippen MR) is 53.5 cm³/mol. The first-order valence-corrected chi connectivity index (χ1v) is 5.00. The van der Waals surface area contributed by atoms with Crippen molar-refractivity contribution in [2.45, 2.75) is 31.7 Å². The van der Waals surface area contributed by atoms with E-state index in [0.717, 1.165) is 11.3 Å². The molecule has 0 aliphatic carbocycles. The van der Waals surface area contributed by atoms with Crippen molar-refractivity contribution in [3.8, 4) is 11.8 Å². The van der Waals surface area contributed by atoms with E-state index in [4.69, 9.17) is 14.7 Å². The second-order valence-electron chi connectivity index (χ2n) is 4.55. The maximum Gasteiger partial charge on any atom is 0.132 e. The molecule has 2 aliphatic rings. The molecule has 0 radical (unpaired) electrons. The molecule has 3 heteroatoms. The highest BCUT2D eigenvalue weighted by Crippen LogP contribution is 2.53. The Hall–Kier alpha value is -1.53. The number of hydrogen-bond donors (Lipinski definition) is 0. The third kappa shape index (κ3) is 1.15. The van der Waals surface area contributed by atoms with Crippen LogP contribution in [-0.2, 0) is 4.74 Å². The van der Waals surface area contributed by atoms with E-state index < -0.39 is 0 Å². The van der Waals surface area contributed by atoms with Gasteiger partial charge in [-0.2, -0.15) is 5.26 Å². The highest BCUT2D eigenvalue weighted by molar-refractivity contribution is 5.47. The van der Waals surface area contributed by atoms with E-state index in [9.17, 15) is 0 Å². The van der Waals surface area contributed by atoms with Crippen LogP contribution >= 0.6 is 0 Å². The average molecular weight is 201 g/mol. The van der Waals surface area contributed by atoms with Gasteiger partial charge in [0.2, 0.25) is 0 Å². The van der Waals surface area contributed by atoms with Crippen molar-refractivity contribution in [1.82, 2.24) is 0 Å². The number of fused-ring (bicyclic) bond motifs is 3. The van der Waals surface area contributed by atoms with E-state index in [0.29, 0.717) is 5.56 Å². The summed E-state index contributed by atoms with van der Waals surface area (Å²) in [6.45, 7) is 4.03. The van der Waals surface area contributed by atoms with E-state index >= 15 is 0 Å². The molecule has 1 fully saturated rings. The van der Waals surface area contributed by atoms with Crippen molar-refractivity contribution in [3.63, 3.8) is 0 Å². The summed E-state index contributed by atoms with van der Waals surface area (Å²) in [5.41, 5.74) is 1.41. The first kappa shape index (κ1) is 8.75. The minimum absolute atomic E-state index is 0.163. The first-order valence-electron chi connectivity index (χ1n) is 5.00. The van der Waals surface area contributed by atoms with Crippen LogP contribution in [0.3, 0.4) is 0 Å². The molecule has 2 atom stereocenters. The van der Waals surface area contributed by atoms with Gasteiger partial charge in [0, 0.05) is 5.56 Å². The lowest BCUT2D eigenvalue weighted by atomic mass is 9.94. The van der Waals surface area contributed by atoms with Crippen LogP contribution in [0, 0.1) is 11.3 Å². The van der Waals surface area contributed by atoms with Gasteiger partial charge in [-0.05, 0) is 26.0 Å². The summed E-state index contributed by atoms with van der Waals surface area (Å²) in [4.78, 5) is 0. The van der Waals surface area contributed by atoms with Crippen molar-refractivity contribution in [3.05, 3.63) is 29.3 Å². The maximum atomic E-state index is 8.81. The lowest BCUT2D eigenvalue weighted by Gasteiger charge is -2.29. The summed E-state index contributed by atoms with van der Waals surface area (Å²) in [5, 5.41) is 8.81. The second kappa shape index (κ2) is 2.53. The molecule has 1 aromatic carbocycles. The third-order valence-electron chi connectivity index (χ3n) is 3.00. The minimum atomic E-state index is -0.286. The minimum Gasteiger partial charge on any atom is -0.485 e. The molecule has 3 rings (SSSR count).